The second-order valence-corrected chi connectivity index (χ2v) is 2.94. The average Bonchev–Trinajstić information content (AvgIpc) is 2.56. The maximum absolute atomic E-state index is 4.06. The van der Waals surface area contributed by atoms with Gasteiger partial charge in [-0.2, -0.15) is 5.10 Å². The number of anilines is 2. The molecule has 0 fully saturated rings. The molecule has 0 saturated heterocycles. The first-order valence-electron chi connectivity index (χ1n) is 4.14. The Hall–Kier alpha value is -1.91. The molecule has 0 spiro atoms. The third-order valence-corrected chi connectivity index (χ3v) is 1.67. The highest BCUT2D eigenvalue weighted by Gasteiger charge is 1.98. The molecule has 14 heavy (non-hydrogen) atoms. The van der Waals surface area contributed by atoms with Gasteiger partial charge in [-0.05, 0) is 12.5 Å². The molecule has 2 rings (SSSR count). The van der Waals surface area contributed by atoms with Gasteiger partial charge in [0.25, 0.3) is 0 Å². The Morgan fingerprint density at radius 2 is 2.00 bits per heavy atom. The Labute approximate surface area is 81.8 Å². The van der Waals surface area contributed by atoms with Gasteiger partial charge >= 0.3 is 0 Å². The van der Waals surface area contributed by atoms with E-state index in [-0.39, 0.29) is 0 Å². The van der Waals surface area contributed by atoms with Gasteiger partial charge in [0.05, 0.1) is 11.9 Å². The Kier molecular flexibility index (Phi) is 2.14. The third-order valence-electron chi connectivity index (χ3n) is 1.67. The van der Waals surface area contributed by atoms with E-state index in [4.69, 9.17) is 0 Å². The van der Waals surface area contributed by atoms with E-state index >= 15 is 0 Å². The maximum atomic E-state index is 4.06. The second kappa shape index (κ2) is 3.45. The van der Waals surface area contributed by atoms with Crippen LogP contribution in [0.25, 0.3) is 0 Å². The van der Waals surface area contributed by atoms with Crippen molar-refractivity contribution in [2.45, 2.75) is 0 Å². The fourth-order valence-electron chi connectivity index (χ4n) is 1.03. The summed E-state index contributed by atoms with van der Waals surface area (Å²) in [5.74, 6) is 0.547. The van der Waals surface area contributed by atoms with E-state index in [1.165, 1.54) is 0 Å². The fourth-order valence-corrected chi connectivity index (χ4v) is 1.03. The number of hydrogen-bond donors (Lipinski definition) is 1. The van der Waals surface area contributed by atoms with E-state index in [2.05, 4.69) is 27.3 Å². The lowest BCUT2D eigenvalue weighted by atomic mass is 10.4. The van der Waals surface area contributed by atoms with Crippen molar-refractivity contribution < 1.29 is 0 Å². The zero-order chi connectivity index (χ0) is 9.97. The van der Waals surface area contributed by atoms with Gasteiger partial charge in [0.15, 0.2) is 0 Å². The summed E-state index contributed by atoms with van der Waals surface area (Å²) in [7, 11) is 1.85. The van der Waals surface area contributed by atoms with Crippen LogP contribution in [0.2, 0.25) is 0 Å². The fraction of sp³-hybridized carbons (Fsp3) is 0.111. The minimum atomic E-state index is 0.547. The smallest absolute Gasteiger partial charge is 0.227 e. The molecule has 2 aromatic rings. The molecule has 2 aromatic heterocycles. The van der Waals surface area contributed by atoms with Crippen LogP contribution in [0.5, 0.6) is 0 Å². The molecule has 1 N–H and O–H groups in total. The van der Waals surface area contributed by atoms with Crippen molar-refractivity contribution in [3.8, 4) is 0 Å². The highest BCUT2D eigenvalue weighted by molar-refractivity contribution is 5.49. The van der Waals surface area contributed by atoms with Gasteiger partial charge in [0, 0.05) is 25.6 Å². The van der Waals surface area contributed by atoms with Crippen molar-refractivity contribution in [2.75, 3.05) is 5.32 Å². The van der Waals surface area contributed by atoms with Crippen LogP contribution < -0.4 is 5.32 Å². The van der Waals surface area contributed by atoms with E-state index in [0.717, 1.165) is 11.3 Å². The largest absolute Gasteiger partial charge is 0.321 e. The molecule has 1 radical (unpaired) electrons. The Morgan fingerprint density at radius 1 is 1.29 bits per heavy atom. The molecule has 0 aliphatic carbocycles. The lowest BCUT2D eigenvalue weighted by Crippen LogP contribution is -1.95. The minimum Gasteiger partial charge on any atom is -0.321 e. The van der Waals surface area contributed by atoms with Crippen LogP contribution in [0.1, 0.15) is 5.56 Å². The molecule has 71 valence electrons. The van der Waals surface area contributed by atoms with Crippen LogP contribution in [0.4, 0.5) is 11.6 Å². The van der Waals surface area contributed by atoms with Gasteiger partial charge in [-0.1, -0.05) is 0 Å². The normalized spacial score (nSPS) is 10.1. The highest BCUT2D eigenvalue weighted by Crippen LogP contribution is 2.09. The van der Waals surface area contributed by atoms with E-state index in [0.29, 0.717) is 5.95 Å². The van der Waals surface area contributed by atoms with Crippen molar-refractivity contribution in [2.24, 2.45) is 7.05 Å². The summed E-state index contributed by atoms with van der Waals surface area (Å²) in [6, 6.07) is 0. The van der Waals surface area contributed by atoms with Gasteiger partial charge in [0.2, 0.25) is 5.95 Å². The molecule has 0 unspecified atom stereocenters. The number of nitrogens with one attached hydrogen (secondary N) is 1. The summed E-state index contributed by atoms with van der Waals surface area (Å²) in [5.41, 5.74) is 1.66. The highest BCUT2D eigenvalue weighted by atomic mass is 15.3. The molecule has 0 aliphatic rings. The SMILES string of the molecule is [CH2]c1cnc(Nc2cnn(C)c2)nc1. The molecule has 0 atom stereocenters. The molecule has 0 amide bonds. The molecular formula is C9H10N5. The molecule has 5 heteroatoms. The first-order valence-corrected chi connectivity index (χ1v) is 4.14. The van der Waals surface area contributed by atoms with E-state index < -0.39 is 0 Å². The van der Waals surface area contributed by atoms with Crippen molar-refractivity contribution in [1.29, 1.82) is 0 Å². The summed E-state index contributed by atoms with van der Waals surface area (Å²) in [5, 5.41) is 7.04. The molecule has 0 saturated carbocycles. The summed E-state index contributed by atoms with van der Waals surface area (Å²) in [6.45, 7) is 3.70. The topological polar surface area (TPSA) is 55.6 Å². The number of rotatable bonds is 2. The lowest BCUT2D eigenvalue weighted by Gasteiger charge is -2.00. The summed E-state index contributed by atoms with van der Waals surface area (Å²) >= 11 is 0. The predicted molar refractivity (Wildman–Crippen MR) is 53.0 cm³/mol. The van der Waals surface area contributed by atoms with Crippen molar-refractivity contribution >= 4 is 11.6 Å². The van der Waals surface area contributed by atoms with Gasteiger partial charge in [-0.15, -0.1) is 0 Å². The van der Waals surface area contributed by atoms with Gasteiger partial charge in [-0.25, -0.2) is 9.97 Å². The third kappa shape index (κ3) is 1.87. The van der Waals surface area contributed by atoms with Crippen molar-refractivity contribution in [1.82, 2.24) is 19.7 Å². The molecular weight excluding hydrogens is 178 g/mol. The molecule has 0 aliphatic heterocycles. The summed E-state index contributed by atoms with van der Waals surface area (Å²) in [4.78, 5) is 8.12. The monoisotopic (exact) mass is 188 g/mol. The predicted octanol–water partition coefficient (Wildman–Crippen LogP) is 1.14. The van der Waals surface area contributed by atoms with Crippen LogP contribution in [-0.2, 0) is 7.05 Å². The number of aromatic nitrogens is 4. The zero-order valence-electron chi connectivity index (χ0n) is 7.81. The van der Waals surface area contributed by atoms with Gasteiger partial charge in [-0.3, -0.25) is 4.68 Å². The molecule has 5 nitrogen and oxygen atoms in total. The lowest BCUT2D eigenvalue weighted by molar-refractivity contribution is 0.768. The van der Waals surface area contributed by atoms with E-state index in [1.807, 2.05) is 13.2 Å². The quantitative estimate of drug-likeness (QED) is 0.767. The number of nitrogens with zero attached hydrogens (tertiary/aromatic N) is 4. The van der Waals surface area contributed by atoms with Crippen LogP contribution in [0, 0.1) is 6.92 Å². The van der Waals surface area contributed by atoms with Crippen molar-refractivity contribution in [3.63, 3.8) is 0 Å². The summed E-state index contributed by atoms with van der Waals surface area (Å²) < 4.78 is 1.71. The van der Waals surface area contributed by atoms with E-state index in [9.17, 15) is 0 Å². The number of aryl methyl sites for hydroxylation is 1. The molecule has 0 bridgehead atoms. The van der Waals surface area contributed by atoms with Crippen LogP contribution in [0.3, 0.4) is 0 Å². The average molecular weight is 188 g/mol. The number of hydrogen-bond acceptors (Lipinski definition) is 4. The van der Waals surface area contributed by atoms with Gasteiger partial charge < -0.3 is 5.32 Å². The van der Waals surface area contributed by atoms with Crippen molar-refractivity contribution in [3.05, 3.63) is 37.3 Å². The standard InChI is InChI=1S/C9H10N5/c1-7-3-10-9(11-4-7)13-8-5-12-14(2)6-8/h3-6H,1H2,2H3,(H,10,11,13). The maximum Gasteiger partial charge on any atom is 0.227 e. The molecule has 0 aromatic carbocycles. The Bertz CT molecular complexity index is 417. The van der Waals surface area contributed by atoms with Gasteiger partial charge in [0.1, 0.15) is 0 Å². The minimum absolute atomic E-state index is 0.547. The molecule has 2 heterocycles. The Balaban J connectivity index is 2.15. The van der Waals surface area contributed by atoms with Crippen LogP contribution in [-0.4, -0.2) is 19.7 Å². The van der Waals surface area contributed by atoms with Crippen LogP contribution in [0.15, 0.2) is 24.8 Å². The summed E-state index contributed by atoms with van der Waals surface area (Å²) in [6.07, 6.45) is 6.88. The second-order valence-electron chi connectivity index (χ2n) is 2.94. The van der Waals surface area contributed by atoms with E-state index in [1.54, 1.807) is 23.3 Å². The first kappa shape index (κ1) is 8.68. The zero-order valence-corrected chi connectivity index (χ0v) is 7.81. The Morgan fingerprint density at radius 3 is 2.57 bits per heavy atom. The van der Waals surface area contributed by atoms with Crippen LogP contribution >= 0.6 is 0 Å². The first-order chi connectivity index (χ1) is 6.74.